The molecule has 10 heavy (non-hydrogen) atoms. The maximum atomic E-state index is 5.35. The van der Waals surface area contributed by atoms with Crippen LogP contribution in [0.1, 0.15) is 40.0 Å². The standard InChI is InChI=1S/C9H18O/c1-4-6-7-8-10-9(3)5-2/h5H,4,6-8H2,1-3H3/b9-5-. The van der Waals surface area contributed by atoms with Gasteiger partial charge in [-0.3, -0.25) is 0 Å². The first-order valence-electron chi connectivity index (χ1n) is 4.07. The number of hydrogen-bond donors (Lipinski definition) is 0. The molecule has 0 aromatic carbocycles. The van der Waals surface area contributed by atoms with Crippen LogP contribution < -0.4 is 0 Å². The smallest absolute Gasteiger partial charge is 0.0886 e. The summed E-state index contributed by atoms with van der Waals surface area (Å²) in [6.07, 6.45) is 5.71. The highest BCUT2D eigenvalue weighted by Crippen LogP contribution is 1.99. The van der Waals surface area contributed by atoms with Gasteiger partial charge in [-0.1, -0.05) is 25.8 Å². The summed E-state index contributed by atoms with van der Waals surface area (Å²) in [5, 5.41) is 0. The number of ether oxygens (including phenoxy) is 1. The molecule has 0 spiro atoms. The van der Waals surface area contributed by atoms with Gasteiger partial charge in [-0.05, 0) is 20.3 Å². The van der Waals surface area contributed by atoms with Crippen molar-refractivity contribution in [3.05, 3.63) is 11.8 Å². The Morgan fingerprint density at radius 1 is 1.40 bits per heavy atom. The van der Waals surface area contributed by atoms with Crippen LogP contribution in [-0.4, -0.2) is 6.61 Å². The fourth-order valence-corrected chi connectivity index (χ4v) is 0.669. The van der Waals surface area contributed by atoms with Gasteiger partial charge < -0.3 is 4.74 Å². The zero-order chi connectivity index (χ0) is 7.82. The fraction of sp³-hybridized carbons (Fsp3) is 0.778. The third kappa shape index (κ3) is 5.67. The summed E-state index contributed by atoms with van der Waals surface area (Å²) in [6.45, 7) is 7.06. The Morgan fingerprint density at radius 3 is 2.60 bits per heavy atom. The molecule has 0 saturated heterocycles. The summed E-state index contributed by atoms with van der Waals surface area (Å²) >= 11 is 0. The van der Waals surface area contributed by atoms with Crippen molar-refractivity contribution in [1.29, 1.82) is 0 Å². The van der Waals surface area contributed by atoms with Crippen LogP contribution in [0.25, 0.3) is 0 Å². The molecular weight excluding hydrogens is 124 g/mol. The lowest BCUT2D eigenvalue weighted by Gasteiger charge is -2.03. The van der Waals surface area contributed by atoms with E-state index in [0.717, 1.165) is 12.4 Å². The van der Waals surface area contributed by atoms with Crippen LogP contribution in [0, 0.1) is 0 Å². The van der Waals surface area contributed by atoms with Gasteiger partial charge in [0.25, 0.3) is 0 Å². The molecule has 0 fully saturated rings. The summed E-state index contributed by atoms with van der Waals surface area (Å²) in [5.74, 6) is 1.04. The molecule has 0 heterocycles. The molecule has 1 nitrogen and oxygen atoms in total. The lowest BCUT2D eigenvalue weighted by molar-refractivity contribution is 0.207. The van der Waals surface area contributed by atoms with Crippen molar-refractivity contribution in [3.8, 4) is 0 Å². The second kappa shape index (κ2) is 6.66. The molecule has 60 valence electrons. The highest BCUT2D eigenvalue weighted by Gasteiger charge is 1.87. The first-order valence-corrected chi connectivity index (χ1v) is 4.07. The Kier molecular flexibility index (Phi) is 6.35. The van der Waals surface area contributed by atoms with E-state index in [2.05, 4.69) is 6.92 Å². The summed E-state index contributed by atoms with van der Waals surface area (Å²) < 4.78 is 5.35. The van der Waals surface area contributed by atoms with Gasteiger partial charge in [-0.15, -0.1) is 0 Å². The monoisotopic (exact) mass is 142 g/mol. The molecule has 0 aliphatic rings. The summed E-state index contributed by atoms with van der Waals surface area (Å²) in [4.78, 5) is 0. The largest absolute Gasteiger partial charge is 0.499 e. The number of allylic oxidation sites excluding steroid dienone is 2. The lowest BCUT2D eigenvalue weighted by atomic mass is 10.3. The quantitative estimate of drug-likeness (QED) is 0.423. The predicted octanol–water partition coefficient (Wildman–Crippen LogP) is 3.12. The zero-order valence-corrected chi connectivity index (χ0v) is 7.31. The van der Waals surface area contributed by atoms with Gasteiger partial charge >= 0.3 is 0 Å². The number of rotatable bonds is 5. The topological polar surface area (TPSA) is 9.23 Å². The van der Waals surface area contributed by atoms with Crippen molar-refractivity contribution in [3.63, 3.8) is 0 Å². The molecule has 0 atom stereocenters. The molecule has 0 unspecified atom stereocenters. The van der Waals surface area contributed by atoms with E-state index in [9.17, 15) is 0 Å². The fourth-order valence-electron chi connectivity index (χ4n) is 0.669. The minimum absolute atomic E-state index is 0.879. The van der Waals surface area contributed by atoms with Gasteiger partial charge in [0.1, 0.15) is 0 Å². The van der Waals surface area contributed by atoms with E-state index in [0.29, 0.717) is 0 Å². The second-order valence-electron chi connectivity index (χ2n) is 2.45. The van der Waals surface area contributed by atoms with E-state index in [1.54, 1.807) is 0 Å². The van der Waals surface area contributed by atoms with E-state index < -0.39 is 0 Å². The average molecular weight is 142 g/mol. The van der Waals surface area contributed by atoms with Gasteiger partial charge in [0.2, 0.25) is 0 Å². The highest BCUT2D eigenvalue weighted by molar-refractivity contribution is 4.83. The van der Waals surface area contributed by atoms with Crippen molar-refractivity contribution in [2.75, 3.05) is 6.61 Å². The molecule has 0 bridgehead atoms. The minimum atomic E-state index is 0.879. The van der Waals surface area contributed by atoms with Gasteiger partial charge in [-0.25, -0.2) is 0 Å². The molecular formula is C9H18O. The molecule has 0 rings (SSSR count). The molecule has 0 amide bonds. The molecule has 0 N–H and O–H groups in total. The van der Waals surface area contributed by atoms with Crippen LogP contribution in [-0.2, 0) is 4.74 Å². The predicted molar refractivity (Wildman–Crippen MR) is 44.9 cm³/mol. The summed E-state index contributed by atoms with van der Waals surface area (Å²) in [6, 6.07) is 0. The van der Waals surface area contributed by atoms with Crippen LogP contribution in [0.2, 0.25) is 0 Å². The van der Waals surface area contributed by atoms with Crippen molar-refractivity contribution in [2.24, 2.45) is 0 Å². The molecule has 0 radical (unpaired) electrons. The Morgan fingerprint density at radius 2 is 2.10 bits per heavy atom. The Hall–Kier alpha value is -0.460. The van der Waals surface area contributed by atoms with Crippen LogP contribution in [0.4, 0.5) is 0 Å². The summed E-state index contributed by atoms with van der Waals surface area (Å²) in [7, 11) is 0. The van der Waals surface area contributed by atoms with Gasteiger partial charge in [0, 0.05) is 0 Å². The number of unbranched alkanes of at least 4 members (excludes halogenated alkanes) is 2. The number of hydrogen-bond acceptors (Lipinski definition) is 1. The second-order valence-corrected chi connectivity index (χ2v) is 2.45. The van der Waals surface area contributed by atoms with Gasteiger partial charge in [0.15, 0.2) is 0 Å². The molecule has 0 saturated carbocycles. The van der Waals surface area contributed by atoms with Crippen molar-refractivity contribution >= 4 is 0 Å². The van der Waals surface area contributed by atoms with Crippen LogP contribution in [0.5, 0.6) is 0 Å². The average Bonchev–Trinajstić information content (AvgIpc) is 1.98. The maximum absolute atomic E-state index is 5.35. The Balaban J connectivity index is 3.04. The highest BCUT2D eigenvalue weighted by atomic mass is 16.5. The normalized spacial score (nSPS) is 11.7. The van der Waals surface area contributed by atoms with E-state index >= 15 is 0 Å². The summed E-state index contributed by atoms with van der Waals surface area (Å²) in [5.41, 5.74) is 0. The SMILES string of the molecule is C/C=C(/C)OCCCCC. The molecule has 1 heteroatoms. The van der Waals surface area contributed by atoms with Crippen LogP contribution in [0.15, 0.2) is 11.8 Å². The van der Waals surface area contributed by atoms with Crippen LogP contribution >= 0.6 is 0 Å². The first kappa shape index (κ1) is 9.54. The maximum Gasteiger partial charge on any atom is 0.0886 e. The Bertz CT molecular complexity index is 94.9. The van der Waals surface area contributed by atoms with Crippen molar-refractivity contribution < 1.29 is 4.74 Å². The van der Waals surface area contributed by atoms with E-state index in [1.165, 1.54) is 19.3 Å². The van der Waals surface area contributed by atoms with Crippen molar-refractivity contribution in [1.82, 2.24) is 0 Å². The van der Waals surface area contributed by atoms with Gasteiger partial charge in [-0.2, -0.15) is 0 Å². The zero-order valence-electron chi connectivity index (χ0n) is 7.31. The van der Waals surface area contributed by atoms with E-state index in [-0.39, 0.29) is 0 Å². The molecule has 0 aromatic heterocycles. The third-order valence-corrected chi connectivity index (χ3v) is 1.48. The molecule has 0 aliphatic heterocycles. The molecule has 0 aliphatic carbocycles. The first-order chi connectivity index (χ1) is 4.81. The van der Waals surface area contributed by atoms with Crippen LogP contribution in [0.3, 0.4) is 0 Å². The van der Waals surface area contributed by atoms with E-state index in [4.69, 9.17) is 4.74 Å². The lowest BCUT2D eigenvalue weighted by Crippen LogP contribution is -1.91. The van der Waals surface area contributed by atoms with Crippen molar-refractivity contribution in [2.45, 2.75) is 40.0 Å². The van der Waals surface area contributed by atoms with Gasteiger partial charge in [0.05, 0.1) is 12.4 Å². The van der Waals surface area contributed by atoms with E-state index in [1.807, 2.05) is 19.9 Å². The molecule has 0 aromatic rings. The third-order valence-electron chi connectivity index (χ3n) is 1.48. The Labute approximate surface area is 64.1 Å². The minimum Gasteiger partial charge on any atom is -0.499 e.